The van der Waals surface area contributed by atoms with E-state index >= 15 is 0 Å². The summed E-state index contributed by atoms with van der Waals surface area (Å²) in [7, 11) is 2.49. The maximum Gasteiger partial charge on any atom is 0.300 e. The largest absolute Gasteiger partial charge is 0.493 e. The quantitative estimate of drug-likeness (QED) is 0.395. The summed E-state index contributed by atoms with van der Waals surface area (Å²) >= 11 is 0. The smallest absolute Gasteiger partial charge is 0.300 e. The summed E-state index contributed by atoms with van der Waals surface area (Å²) in [6.45, 7) is 0. The minimum absolute atomic E-state index is 0.184. The van der Waals surface area contributed by atoms with E-state index < -0.39 is 10.0 Å². The summed E-state index contributed by atoms with van der Waals surface area (Å²) in [4.78, 5) is 4.70. The number of aromatic nitrogens is 1. The first-order valence-electron chi connectivity index (χ1n) is 9.90. The molecule has 0 aliphatic carbocycles. The number of rotatable bonds is 8. The van der Waals surface area contributed by atoms with Crippen molar-refractivity contribution in [3.05, 3.63) is 54.6 Å². The Hall–Kier alpha value is -3.76. The minimum atomic E-state index is -3.51. The predicted molar refractivity (Wildman–Crippen MR) is 125 cm³/mol. The maximum atomic E-state index is 12.0. The van der Waals surface area contributed by atoms with Crippen molar-refractivity contribution in [3.63, 3.8) is 0 Å². The molecule has 0 saturated carbocycles. The van der Waals surface area contributed by atoms with E-state index in [0.29, 0.717) is 34.0 Å². The molecule has 172 valence electrons. The van der Waals surface area contributed by atoms with E-state index in [9.17, 15) is 8.42 Å². The molecule has 0 saturated heterocycles. The molecule has 0 unspecified atom stereocenters. The Morgan fingerprint density at radius 2 is 1.58 bits per heavy atom. The van der Waals surface area contributed by atoms with E-state index in [4.69, 9.17) is 18.6 Å². The average molecular weight is 470 g/mol. The number of nitrogens with zero attached hydrogens (tertiary/aromatic N) is 1. The number of anilines is 2. The molecular formula is C23H23N3O6S. The van der Waals surface area contributed by atoms with E-state index in [2.05, 4.69) is 15.0 Å². The predicted octanol–water partition coefficient (Wildman–Crippen LogP) is 4.17. The molecule has 3 aromatic carbocycles. The van der Waals surface area contributed by atoms with Gasteiger partial charge in [-0.3, -0.25) is 0 Å². The van der Waals surface area contributed by atoms with Gasteiger partial charge in [-0.05, 0) is 30.8 Å². The van der Waals surface area contributed by atoms with Gasteiger partial charge in [0.25, 0.3) is 6.01 Å². The second kappa shape index (κ2) is 9.00. The molecule has 1 heterocycles. The second-order valence-corrected chi connectivity index (χ2v) is 8.83. The Bertz CT molecular complexity index is 1370. The average Bonchev–Trinajstić information content (AvgIpc) is 3.25. The van der Waals surface area contributed by atoms with Gasteiger partial charge in [0.2, 0.25) is 15.8 Å². The topological polar surface area (TPSA) is 112 Å². The van der Waals surface area contributed by atoms with Crippen molar-refractivity contribution in [2.75, 3.05) is 33.7 Å². The van der Waals surface area contributed by atoms with Crippen LogP contribution < -0.4 is 24.2 Å². The molecule has 4 aromatic rings. The van der Waals surface area contributed by atoms with E-state index in [1.807, 2.05) is 18.2 Å². The van der Waals surface area contributed by atoms with Crippen LogP contribution in [0.4, 0.5) is 11.7 Å². The van der Waals surface area contributed by atoms with Crippen LogP contribution in [0.25, 0.3) is 22.2 Å². The lowest BCUT2D eigenvalue weighted by Crippen LogP contribution is -2.18. The van der Waals surface area contributed by atoms with Crippen LogP contribution in [0.1, 0.15) is 0 Å². The molecule has 0 atom stereocenters. The number of hydrogen-bond acceptors (Lipinski definition) is 8. The van der Waals surface area contributed by atoms with Gasteiger partial charge in [-0.1, -0.05) is 24.3 Å². The zero-order chi connectivity index (χ0) is 23.6. The van der Waals surface area contributed by atoms with Crippen LogP contribution in [0.3, 0.4) is 0 Å². The fourth-order valence-electron chi connectivity index (χ4n) is 3.44. The lowest BCUT2D eigenvalue weighted by molar-refractivity contribution is 0.324. The van der Waals surface area contributed by atoms with Crippen LogP contribution in [0, 0.1) is 0 Å². The number of oxazole rings is 1. The molecular weight excluding hydrogens is 446 g/mol. The van der Waals surface area contributed by atoms with Crippen LogP contribution in [0.2, 0.25) is 0 Å². The maximum absolute atomic E-state index is 12.0. The Morgan fingerprint density at radius 1 is 0.909 bits per heavy atom. The zero-order valence-corrected chi connectivity index (χ0v) is 19.3. The molecule has 2 N–H and O–H groups in total. The molecule has 0 amide bonds. The van der Waals surface area contributed by atoms with Crippen molar-refractivity contribution in [2.45, 2.75) is 4.90 Å². The van der Waals surface area contributed by atoms with Crippen molar-refractivity contribution >= 4 is 32.8 Å². The van der Waals surface area contributed by atoms with Crippen molar-refractivity contribution in [2.24, 2.45) is 0 Å². The standard InChI is InChI=1S/C23H23N3O6S/c1-24-33(27,28)16-10-8-14(9-11-16)17-6-5-7-18-21(17)32-23(26-18)25-15-12-19(29-2)22(31-4)20(13-15)30-3/h5-13,24H,1-4H3,(H,25,26). The van der Waals surface area contributed by atoms with Gasteiger partial charge in [0.1, 0.15) is 5.52 Å². The number of methoxy groups -OCH3 is 3. The van der Waals surface area contributed by atoms with E-state index in [1.54, 1.807) is 50.6 Å². The number of nitrogens with one attached hydrogen (secondary N) is 2. The lowest BCUT2D eigenvalue weighted by atomic mass is 10.1. The van der Waals surface area contributed by atoms with Gasteiger partial charge in [0.05, 0.1) is 26.2 Å². The highest BCUT2D eigenvalue weighted by Crippen LogP contribution is 2.41. The van der Waals surface area contributed by atoms with Crippen molar-refractivity contribution in [3.8, 4) is 28.4 Å². The third-order valence-electron chi connectivity index (χ3n) is 5.08. The van der Waals surface area contributed by atoms with Gasteiger partial charge in [-0.15, -0.1) is 0 Å². The molecule has 4 rings (SSSR count). The molecule has 0 fully saturated rings. The van der Waals surface area contributed by atoms with Gasteiger partial charge >= 0.3 is 0 Å². The number of hydrogen-bond donors (Lipinski definition) is 2. The Balaban J connectivity index is 1.70. The molecule has 0 aliphatic rings. The first-order chi connectivity index (χ1) is 15.9. The van der Waals surface area contributed by atoms with Crippen LogP contribution in [0.15, 0.2) is 63.9 Å². The number of benzene rings is 3. The molecule has 10 heteroatoms. The first kappa shape index (κ1) is 22.4. The summed E-state index contributed by atoms with van der Waals surface area (Å²) in [5, 5.41) is 3.13. The summed E-state index contributed by atoms with van der Waals surface area (Å²) in [5.41, 5.74) is 3.43. The Kier molecular flexibility index (Phi) is 6.12. The summed E-state index contributed by atoms with van der Waals surface area (Å²) in [6.07, 6.45) is 0. The monoisotopic (exact) mass is 469 g/mol. The van der Waals surface area contributed by atoms with E-state index in [-0.39, 0.29) is 10.9 Å². The summed E-state index contributed by atoms with van der Waals surface area (Å²) in [6, 6.07) is 15.9. The van der Waals surface area contributed by atoms with Gasteiger partial charge in [-0.2, -0.15) is 4.98 Å². The van der Waals surface area contributed by atoms with E-state index in [1.165, 1.54) is 14.2 Å². The van der Waals surface area contributed by atoms with Gasteiger partial charge in [-0.25, -0.2) is 13.1 Å². The zero-order valence-electron chi connectivity index (χ0n) is 18.5. The third kappa shape index (κ3) is 4.30. The molecule has 33 heavy (non-hydrogen) atoms. The van der Waals surface area contributed by atoms with Crippen molar-refractivity contribution in [1.29, 1.82) is 0 Å². The Morgan fingerprint density at radius 3 is 2.15 bits per heavy atom. The molecule has 0 aliphatic heterocycles. The highest BCUT2D eigenvalue weighted by Gasteiger charge is 2.17. The number of sulfonamides is 1. The molecule has 9 nitrogen and oxygen atoms in total. The lowest BCUT2D eigenvalue weighted by Gasteiger charge is -2.14. The number of para-hydroxylation sites is 1. The first-order valence-corrected chi connectivity index (χ1v) is 11.4. The van der Waals surface area contributed by atoms with Crippen LogP contribution in [-0.4, -0.2) is 41.8 Å². The fraction of sp³-hybridized carbons (Fsp3) is 0.174. The summed E-state index contributed by atoms with van der Waals surface area (Å²) < 4.78 is 48.4. The highest BCUT2D eigenvalue weighted by molar-refractivity contribution is 7.89. The minimum Gasteiger partial charge on any atom is -0.493 e. The second-order valence-electron chi connectivity index (χ2n) is 6.94. The van der Waals surface area contributed by atoms with E-state index in [0.717, 1.165) is 11.1 Å². The fourth-order valence-corrected chi connectivity index (χ4v) is 4.17. The van der Waals surface area contributed by atoms with Crippen LogP contribution in [-0.2, 0) is 10.0 Å². The Labute approximate surface area is 191 Å². The van der Waals surface area contributed by atoms with Gasteiger partial charge < -0.3 is 23.9 Å². The van der Waals surface area contributed by atoms with Gasteiger partial charge in [0, 0.05) is 23.4 Å². The number of fused-ring (bicyclic) bond motifs is 1. The molecule has 0 bridgehead atoms. The number of ether oxygens (including phenoxy) is 3. The molecule has 0 radical (unpaired) electrons. The molecule has 0 spiro atoms. The highest BCUT2D eigenvalue weighted by atomic mass is 32.2. The summed E-state index contributed by atoms with van der Waals surface area (Å²) in [5.74, 6) is 1.47. The normalized spacial score (nSPS) is 11.4. The van der Waals surface area contributed by atoms with Crippen LogP contribution >= 0.6 is 0 Å². The van der Waals surface area contributed by atoms with Crippen molar-refractivity contribution < 1.29 is 27.0 Å². The van der Waals surface area contributed by atoms with Crippen LogP contribution in [0.5, 0.6) is 17.2 Å². The van der Waals surface area contributed by atoms with Crippen molar-refractivity contribution in [1.82, 2.24) is 9.71 Å². The van der Waals surface area contributed by atoms with Gasteiger partial charge in [0.15, 0.2) is 17.1 Å². The molecule has 1 aromatic heterocycles. The SMILES string of the molecule is CNS(=O)(=O)c1ccc(-c2cccc3nc(Nc4cc(OC)c(OC)c(OC)c4)oc23)cc1. The third-order valence-corrected chi connectivity index (χ3v) is 6.51.